The van der Waals surface area contributed by atoms with E-state index in [1.54, 1.807) is 30.3 Å². The Morgan fingerprint density at radius 1 is 1.24 bits per heavy atom. The standard InChI is InChI=1S/C19H15ClN2O6S/c1-21-18(23)16(29-19(21)24)9-12-7-14(20)17(15(8-12)27-2)28-10-11-3-5-13(6-4-11)22(25)26/h3-9H,10H2,1-2H3/b16-9-. The van der Waals surface area contributed by atoms with Crippen LogP contribution in [0.15, 0.2) is 41.3 Å². The molecule has 0 radical (unpaired) electrons. The first-order valence-corrected chi connectivity index (χ1v) is 9.45. The monoisotopic (exact) mass is 434 g/mol. The molecule has 1 saturated heterocycles. The van der Waals surface area contributed by atoms with Crippen molar-refractivity contribution in [1.82, 2.24) is 4.90 Å². The second kappa shape index (κ2) is 8.54. The molecule has 10 heteroatoms. The van der Waals surface area contributed by atoms with Crippen molar-refractivity contribution >= 4 is 46.3 Å². The lowest BCUT2D eigenvalue weighted by molar-refractivity contribution is -0.384. The normalized spacial score (nSPS) is 15.1. The van der Waals surface area contributed by atoms with Gasteiger partial charge in [0.15, 0.2) is 11.5 Å². The van der Waals surface area contributed by atoms with Crippen molar-refractivity contribution in [2.45, 2.75) is 6.61 Å². The van der Waals surface area contributed by atoms with Gasteiger partial charge in [-0.2, -0.15) is 0 Å². The quantitative estimate of drug-likeness (QED) is 0.375. The average Bonchev–Trinajstić information content (AvgIpc) is 2.93. The summed E-state index contributed by atoms with van der Waals surface area (Å²) >= 11 is 7.18. The van der Waals surface area contributed by atoms with E-state index in [1.807, 2.05) is 0 Å². The molecule has 2 aromatic rings. The molecule has 2 amide bonds. The number of likely N-dealkylation sites (N-methyl/N-ethyl adjacent to an activating group) is 1. The van der Waals surface area contributed by atoms with Crippen molar-refractivity contribution in [1.29, 1.82) is 0 Å². The van der Waals surface area contributed by atoms with Gasteiger partial charge >= 0.3 is 0 Å². The van der Waals surface area contributed by atoms with Gasteiger partial charge < -0.3 is 9.47 Å². The smallest absolute Gasteiger partial charge is 0.293 e. The molecule has 0 atom stereocenters. The van der Waals surface area contributed by atoms with Crippen molar-refractivity contribution in [3.63, 3.8) is 0 Å². The number of halogens is 1. The maximum Gasteiger partial charge on any atom is 0.293 e. The van der Waals surface area contributed by atoms with Gasteiger partial charge in [-0.15, -0.1) is 0 Å². The SMILES string of the molecule is COc1cc(/C=C2\SC(=O)N(C)C2=O)cc(Cl)c1OCc1ccc([N+](=O)[O-])cc1. The van der Waals surface area contributed by atoms with E-state index in [0.717, 1.165) is 22.2 Å². The van der Waals surface area contributed by atoms with Gasteiger partial charge in [0.2, 0.25) is 0 Å². The highest BCUT2D eigenvalue weighted by atomic mass is 35.5. The molecular weight excluding hydrogens is 420 g/mol. The number of nitro benzene ring substituents is 1. The van der Waals surface area contributed by atoms with Crippen LogP contribution in [0.5, 0.6) is 11.5 Å². The molecule has 3 rings (SSSR count). The maximum atomic E-state index is 12.0. The molecule has 1 fully saturated rings. The average molecular weight is 435 g/mol. The van der Waals surface area contributed by atoms with Crippen molar-refractivity contribution in [3.8, 4) is 11.5 Å². The number of methoxy groups -OCH3 is 1. The molecule has 0 aromatic heterocycles. The second-order valence-corrected chi connectivity index (χ2v) is 7.39. The number of nitro groups is 1. The first-order valence-electron chi connectivity index (χ1n) is 8.25. The molecule has 0 saturated carbocycles. The van der Waals surface area contributed by atoms with Gasteiger partial charge in [-0.25, -0.2) is 0 Å². The molecule has 0 aliphatic carbocycles. The van der Waals surface area contributed by atoms with E-state index >= 15 is 0 Å². The van der Waals surface area contributed by atoms with Crippen LogP contribution in [0.3, 0.4) is 0 Å². The van der Waals surface area contributed by atoms with Gasteiger partial charge in [0.25, 0.3) is 16.8 Å². The Morgan fingerprint density at radius 3 is 2.48 bits per heavy atom. The van der Waals surface area contributed by atoms with Crippen LogP contribution in [0.4, 0.5) is 10.5 Å². The highest BCUT2D eigenvalue weighted by Crippen LogP contribution is 2.39. The molecule has 1 aliphatic rings. The molecule has 2 aromatic carbocycles. The largest absolute Gasteiger partial charge is 0.493 e. The van der Waals surface area contributed by atoms with E-state index in [-0.39, 0.29) is 33.4 Å². The first kappa shape index (κ1) is 20.7. The van der Waals surface area contributed by atoms with Crippen molar-refractivity contribution in [3.05, 3.63) is 67.6 Å². The molecule has 0 N–H and O–H groups in total. The van der Waals surface area contributed by atoms with Crippen LogP contribution in [0, 0.1) is 10.1 Å². The van der Waals surface area contributed by atoms with Gasteiger partial charge in [0, 0.05) is 19.2 Å². The van der Waals surface area contributed by atoms with Gasteiger partial charge in [0.05, 0.1) is 22.0 Å². The number of imide groups is 1. The fraction of sp³-hybridized carbons (Fsp3) is 0.158. The third kappa shape index (κ3) is 4.52. The Bertz CT molecular complexity index is 1020. The van der Waals surface area contributed by atoms with Crippen LogP contribution >= 0.6 is 23.4 Å². The topological polar surface area (TPSA) is 99.0 Å². The minimum absolute atomic E-state index is 0.00907. The fourth-order valence-corrected chi connectivity index (χ4v) is 3.63. The molecule has 0 unspecified atom stereocenters. The fourth-order valence-electron chi connectivity index (χ4n) is 2.53. The molecule has 1 heterocycles. The van der Waals surface area contributed by atoms with Gasteiger partial charge in [-0.1, -0.05) is 11.6 Å². The Balaban J connectivity index is 1.81. The van der Waals surface area contributed by atoms with Crippen LogP contribution in [0.1, 0.15) is 11.1 Å². The van der Waals surface area contributed by atoms with Crippen LogP contribution in [0.25, 0.3) is 6.08 Å². The summed E-state index contributed by atoms with van der Waals surface area (Å²) in [5.41, 5.74) is 1.29. The molecule has 8 nitrogen and oxygen atoms in total. The summed E-state index contributed by atoms with van der Waals surface area (Å²) in [7, 11) is 2.87. The van der Waals surface area contributed by atoms with Crippen molar-refractivity contribution in [2.75, 3.05) is 14.2 Å². The third-order valence-electron chi connectivity index (χ3n) is 4.07. The summed E-state index contributed by atoms with van der Waals surface area (Å²) in [6.45, 7) is 0.127. The Kier molecular flexibility index (Phi) is 6.09. The zero-order valence-electron chi connectivity index (χ0n) is 15.4. The molecule has 1 aliphatic heterocycles. The summed E-state index contributed by atoms with van der Waals surface area (Å²) in [6.07, 6.45) is 1.56. The van der Waals surface area contributed by atoms with E-state index in [9.17, 15) is 19.7 Å². The number of benzene rings is 2. The summed E-state index contributed by atoms with van der Waals surface area (Å²) in [5.74, 6) is 0.267. The van der Waals surface area contributed by atoms with Gasteiger partial charge in [-0.05, 0) is 53.2 Å². The Hall–Kier alpha value is -3.04. The lowest BCUT2D eigenvalue weighted by Crippen LogP contribution is -2.22. The van der Waals surface area contributed by atoms with Gasteiger partial charge in [0.1, 0.15) is 6.61 Å². The maximum absolute atomic E-state index is 12.0. The highest BCUT2D eigenvalue weighted by Gasteiger charge is 2.31. The molecule has 150 valence electrons. The van der Waals surface area contributed by atoms with Crippen LogP contribution < -0.4 is 9.47 Å². The van der Waals surface area contributed by atoms with Crippen molar-refractivity contribution < 1.29 is 24.0 Å². The number of rotatable bonds is 6. The Labute approximate surface area is 175 Å². The van der Waals surface area contributed by atoms with Crippen molar-refractivity contribution in [2.24, 2.45) is 0 Å². The van der Waals surface area contributed by atoms with E-state index in [2.05, 4.69) is 0 Å². The predicted octanol–water partition coefficient (Wildman–Crippen LogP) is 4.50. The molecular formula is C19H15ClN2O6S. The summed E-state index contributed by atoms with van der Waals surface area (Å²) in [4.78, 5) is 35.2. The van der Waals surface area contributed by atoms with Crippen LogP contribution in [-0.4, -0.2) is 35.1 Å². The molecule has 29 heavy (non-hydrogen) atoms. The van der Waals surface area contributed by atoms with E-state index in [0.29, 0.717) is 17.1 Å². The number of carbonyl (C=O) groups is 2. The molecule has 0 spiro atoms. The number of ether oxygens (including phenoxy) is 2. The predicted molar refractivity (Wildman–Crippen MR) is 109 cm³/mol. The lowest BCUT2D eigenvalue weighted by Gasteiger charge is -2.13. The van der Waals surface area contributed by atoms with E-state index < -0.39 is 4.92 Å². The summed E-state index contributed by atoms with van der Waals surface area (Å²) in [6, 6.07) is 9.20. The lowest BCUT2D eigenvalue weighted by atomic mass is 10.1. The number of non-ortho nitro benzene ring substituents is 1. The van der Waals surface area contributed by atoms with E-state index in [1.165, 1.54) is 26.3 Å². The van der Waals surface area contributed by atoms with Gasteiger partial charge in [-0.3, -0.25) is 24.6 Å². The second-order valence-electron chi connectivity index (χ2n) is 5.99. The molecule has 0 bridgehead atoms. The number of carbonyl (C=O) groups excluding carboxylic acids is 2. The third-order valence-corrected chi connectivity index (χ3v) is 5.31. The number of hydrogen-bond acceptors (Lipinski definition) is 7. The minimum atomic E-state index is -0.476. The number of thioether (sulfide) groups is 1. The van der Waals surface area contributed by atoms with Crippen LogP contribution in [-0.2, 0) is 11.4 Å². The number of amides is 2. The Morgan fingerprint density at radius 2 is 1.93 bits per heavy atom. The summed E-state index contributed by atoms with van der Waals surface area (Å²) < 4.78 is 11.1. The first-order chi connectivity index (χ1) is 13.8. The van der Waals surface area contributed by atoms with E-state index in [4.69, 9.17) is 21.1 Å². The zero-order chi connectivity index (χ0) is 21.1. The zero-order valence-corrected chi connectivity index (χ0v) is 17.0. The minimum Gasteiger partial charge on any atom is -0.493 e. The highest BCUT2D eigenvalue weighted by molar-refractivity contribution is 8.18. The number of hydrogen-bond donors (Lipinski definition) is 0. The van der Waals surface area contributed by atoms with Crippen LogP contribution in [0.2, 0.25) is 5.02 Å². The number of nitrogens with zero attached hydrogens (tertiary/aromatic N) is 2. The summed E-state index contributed by atoms with van der Waals surface area (Å²) in [5, 5.41) is 10.6.